The van der Waals surface area contributed by atoms with Gasteiger partial charge in [0.25, 0.3) is 5.91 Å². The summed E-state index contributed by atoms with van der Waals surface area (Å²) in [5, 5.41) is 0. The van der Waals surface area contributed by atoms with Gasteiger partial charge in [-0.25, -0.2) is 4.79 Å². The molecule has 0 radical (unpaired) electrons. The highest BCUT2D eigenvalue weighted by molar-refractivity contribution is 5.98. The predicted octanol–water partition coefficient (Wildman–Crippen LogP) is 3.76. The molecule has 5 rings (SSSR count). The van der Waals surface area contributed by atoms with Crippen LogP contribution < -0.4 is 5.76 Å². The first kappa shape index (κ1) is 17.4. The lowest BCUT2D eigenvalue weighted by atomic mass is 9.98. The molecule has 2 aromatic heterocycles. The van der Waals surface area contributed by atoms with Crippen LogP contribution in [-0.2, 0) is 13.0 Å². The molecule has 6 nitrogen and oxygen atoms in total. The Labute approximate surface area is 166 Å². The molecule has 1 amide bonds. The Bertz CT molecular complexity index is 1290. The van der Waals surface area contributed by atoms with Crippen LogP contribution in [0.15, 0.2) is 70.0 Å². The van der Waals surface area contributed by atoms with Crippen LogP contribution in [0.5, 0.6) is 0 Å². The van der Waals surface area contributed by atoms with Crippen LogP contribution >= 0.6 is 0 Å². The van der Waals surface area contributed by atoms with Crippen molar-refractivity contribution in [3.05, 3.63) is 99.3 Å². The molecule has 0 spiro atoms. The third kappa shape index (κ3) is 3.02. The number of hydrogen-bond donors (Lipinski definition) is 1. The minimum Gasteiger partial charge on any atom is -0.408 e. The quantitative estimate of drug-likeness (QED) is 0.580. The van der Waals surface area contributed by atoms with E-state index in [-0.39, 0.29) is 11.9 Å². The standard InChI is InChI=1S/C23H19N3O3/c1-14-5-2-3-6-16(14)12-19-21-17(7-4-10-24-21)22(27)26(19)13-15-8-9-18-20(11-15)29-23(28)25-18/h2-11,19H,12-13H2,1H3,(H,25,28). The van der Waals surface area contributed by atoms with Gasteiger partial charge in [-0.15, -0.1) is 0 Å². The SMILES string of the molecule is Cc1ccccc1CC1c2ncccc2C(=O)N1Cc1ccc2[nH]c(=O)oc2c1. The zero-order valence-corrected chi connectivity index (χ0v) is 15.9. The third-order valence-corrected chi connectivity index (χ3v) is 5.53. The van der Waals surface area contributed by atoms with Crippen molar-refractivity contribution < 1.29 is 9.21 Å². The number of fused-ring (bicyclic) bond motifs is 2. The van der Waals surface area contributed by atoms with Gasteiger partial charge in [-0.1, -0.05) is 30.3 Å². The van der Waals surface area contributed by atoms with Gasteiger partial charge in [-0.2, -0.15) is 0 Å². The summed E-state index contributed by atoms with van der Waals surface area (Å²) in [6.07, 6.45) is 2.44. The molecule has 0 bridgehead atoms. The Morgan fingerprint density at radius 2 is 1.97 bits per heavy atom. The number of benzene rings is 2. The first-order valence-corrected chi connectivity index (χ1v) is 9.52. The zero-order valence-electron chi connectivity index (χ0n) is 15.9. The van der Waals surface area contributed by atoms with Crippen LogP contribution in [0, 0.1) is 6.92 Å². The second-order valence-corrected chi connectivity index (χ2v) is 7.36. The van der Waals surface area contributed by atoms with Crippen molar-refractivity contribution in [2.24, 2.45) is 0 Å². The topological polar surface area (TPSA) is 79.2 Å². The van der Waals surface area contributed by atoms with Crippen LogP contribution in [-0.4, -0.2) is 20.8 Å². The summed E-state index contributed by atoms with van der Waals surface area (Å²) < 4.78 is 5.17. The number of nitrogens with zero attached hydrogens (tertiary/aromatic N) is 2. The maximum Gasteiger partial charge on any atom is 0.417 e. The van der Waals surface area contributed by atoms with E-state index in [1.807, 2.05) is 35.2 Å². The first-order valence-electron chi connectivity index (χ1n) is 9.52. The lowest BCUT2D eigenvalue weighted by Crippen LogP contribution is -2.29. The van der Waals surface area contributed by atoms with Gasteiger partial charge in [0.1, 0.15) is 0 Å². The van der Waals surface area contributed by atoms with E-state index in [1.165, 1.54) is 11.1 Å². The first-order chi connectivity index (χ1) is 14.1. The monoisotopic (exact) mass is 385 g/mol. The van der Waals surface area contributed by atoms with E-state index in [4.69, 9.17) is 4.42 Å². The molecule has 1 aliphatic heterocycles. The maximum atomic E-state index is 13.2. The number of aryl methyl sites for hydroxylation is 1. The molecular weight excluding hydrogens is 366 g/mol. The van der Waals surface area contributed by atoms with E-state index in [2.05, 4.69) is 29.0 Å². The highest BCUT2D eigenvalue weighted by Gasteiger charge is 2.37. The Morgan fingerprint density at radius 1 is 1.10 bits per heavy atom. The molecule has 29 heavy (non-hydrogen) atoms. The fraction of sp³-hybridized carbons (Fsp3) is 0.174. The number of aromatic nitrogens is 2. The number of hydrogen-bond acceptors (Lipinski definition) is 4. The van der Waals surface area contributed by atoms with Crippen LogP contribution in [0.25, 0.3) is 11.1 Å². The number of H-pyrrole nitrogens is 1. The second kappa shape index (κ2) is 6.74. The smallest absolute Gasteiger partial charge is 0.408 e. The molecule has 1 atom stereocenters. The molecule has 4 aromatic rings. The number of carbonyl (C=O) groups excluding carboxylic acids is 1. The Balaban J connectivity index is 1.53. The summed E-state index contributed by atoms with van der Waals surface area (Å²) in [6, 6.07) is 17.2. The van der Waals surface area contributed by atoms with E-state index >= 15 is 0 Å². The van der Waals surface area contributed by atoms with Crippen LogP contribution in [0.4, 0.5) is 0 Å². The Morgan fingerprint density at radius 3 is 2.83 bits per heavy atom. The molecule has 0 fully saturated rings. The lowest BCUT2D eigenvalue weighted by molar-refractivity contribution is 0.0707. The van der Waals surface area contributed by atoms with Gasteiger partial charge >= 0.3 is 5.76 Å². The van der Waals surface area contributed by atoms with Gasteiger partial charge in [0.2, 0.25) is 0 Å². The van der Waals surface area contributed by atoms with Crippen molar-refractivity contribution in [2.75, 3.05) is 0 Å². The van der Waals surface area contributed by atoms with Crippen molar-refractivity contribution in [2.45, 2.75) is 25.9 Å². The van der Waals surface area contributed by atoms with Crippen LogP contribution in [0.1, 0.15) is 38.8 Å². The number of nitrogens with one attached hydrogen (secondary N) is 1. The maximum absolute atomic E-state index is 13.2. The minimum absolute atomic E-state index is 0.0256. The summed E-state index contributed by atoms with van der Waals surface area (Å²) in [6.45, 7) is 2.49. The fourth-order valence-corrected chi connectivity index (χ4v) is 4.03. The fourth-order valence-electron chi connectivity index (χ4n) is 4.03. The molecule has 3 heterocycles. The molecule has 2 aromatic carbocycles. The van der Waals surface area contributed by atoms with E-state index < -0.39 is 5.76 Å². The summed E-state index contributed by atoms with van der Waals surface area (Å²) >= 11 is 0. The van der Waals surface area contributed by atoms with Crippen molar-refractivity contribution >= 4 is 17.0 Å². The molecule has 0 saturated heterocycles. The molecule has 1 unspecified atom stereocenters. The molecule has 0 aliphatic carbocycles. The van der Waals surface area contributed by atoms with Gasteiger partial charge in [0, 0.05) is 12.7 Å². The number of oxazole rings is 1. The molecule has 6 heteroatoms. The number of aromatic amines is 1. The molecule has 1 aliphatic rings. The molecular formula is C23H19N3O3. The van der Waals surface area contributed by atoms with Gasteiger partial charge in [-0.3, -0.25) is 14.8 Å². The summed E-state index contributed by atoms with van der Waals surface area (Å²) in [5.74, 6) is -0.509. The van der Waals surface area contributed by atoms with E-state index in [9.17, 15) is 9.59 Å². The van der Waals surface area contributed by atoms with Crippen LogP contribution in [0.3, 0.4) is 0 Å². The summed E-state index contributed by atoms with van der Waals surface area (Å²) in [4.78, 5) is 33.6. The number of pyridine rings is 1. The number of rotatable bonds is 4. The molecule has 1 N–H and O–H groups in total. The normalized spacial score (nSPS) is 15.8. The average Bonchev–Trinajstić information content (AvgIpc) is 3.21. The van der Waals surface area contributed by atoms with Gasteiger partial charge < -0.3 is 9.32 Å². The molecule has 144 valence electrons. The van der Waals surface area contributed by atoms with E-state index in [1.54, 1.807) is 18.3 Å². The predicted molar refractivity (Wildman–Crippen MR) is 109 cm³/mol. The number of carbonyl (C=O) groups is 1. The van der Waals surface area contributed by atoms with Gasteiger partial charge in [0.05, 0.1) is 22.8 Å². The zero-order chi connectivity index (χ0) is 20.0. The van der Waals surface area contributed by atoms with Crippen molar-refractivity contribution in [1.82, 2.24) is 14.9 Å². The van der Waals surface area contributed by atoms with Crippen molar-refractivity contribution in [1.29, 1.82) is 0 Å². The number of amides is 1. The highest BCUT2D eigenvalue weighted by atomic mass is 16.4. The van der Waals surface area contributed by atoms with Crippen LogP contribution in [0.2, 0.25) is 0 Å². The average molecular weight is 385 g/mol. The lowest BCUT2D eigenvalue weighted by Gasteiger charge is -2.25. The highest BCUT2D eigenvalue weighted by Crippen LogP contribution is 2.36. The Kier molecular flexibility index (Phi) is 4.05. The van der Waals surface area contributed by atoms with Gasteiger partial charge in [-0.05, 0) is 54.3 Å². The van der Waals surface area contributed by atoms with Crippen molar-refractivity contribution in [3.63, 3.8) is 0 Å². The molecule has 0 saturated carbocycles. The summed E-state index contributed by atoms with van der Waals surface area (Å²) in [7, 11) is 0. The van der Waals surface area contributed by atoms with Gasteiger partial charge in [0.15, 0.2) is 5.58 Å². The third-order valence-electron chi connectivity index (χ3n) is 5.53. The van der Waals surface area contributed by atoms with Crippen molar-refractivity contribution in [3.8, 4) is 0 Å². The Hall–Kier alpha value is -3.67. The van der Waals surface area contributed by atoms with E-state index in [0.29, 0.717) is 29.6 Å². The summed E-state index contributed by atoms with van der Waals surface area (Å²) in [5.41, 5.74) is 5.89. The minimum atomic E-state index is -0.483. The van der Waals surface area contributed by atoms with E-state index in [0.717, 1.165) is 11.3 Å². The largest absolute Gasteiger partial charge is 0.417 e. The second-order valence-electron chi connectivity index (χ2n) is 7.36.